The van der Waals surface area contributed by atoms with Crippen LogP contribution in [0, 0.1) is 0 Å². The SMILES string of the molecule is c1ccc2c(NCCn3ccnn3)nc(NCCn3ccnn3)nc2c1. The number of hydrogen-bond donors (Lipinski definition) is 2. The Balaban J connectivity index is 1.46. The number of fused-ring (bicyclic) bond motifs is 1. The fraction of sp³-hybridized carbons (Fsp3) is 0.250. The average Bonchev–Trinajstić information content (AvgIpc) is 3.36. The van der Waals surface area contributed by atoms with Crippen LogP contribution in [-0.4, -0.2) is 53.0 Å². The molecule has 3 heterocycles. The van der Waals surface area contributed by atoms with Crippen molar-refractivity contribution in [3.8, 4) is 0 Å². The van der Waals surface area contributed by atoms with Gasteiger partial charge in [0, 0.05) is 30.9 Å². The van der Waals surface area contributed by atoms with Crippen molar-refractivity contribution in [2.24, 2.45) is 0 Å². The minimum Gasteiger partial charge on any atom is -0.368 e. The van der Waals surface area contributed by atoms with Crippen molar-refractivity contribution in [2.45, 2.75) is 13.1 Å². The molecule has 0 amide bonds. The van der Waals surface area contributed by atoms with E-state index in [9.17, 15) is 0 Å². The number of rotatable bonds is 8. The second kappa shape index (κ2) is 7.55. The quantitative estimate of drug-likeness (QED) is 0.485. The van der Waals surface area contributed by atoms with Gasteiger partial charge >= 0.3 is 0 Å². The molecule has 26 heavy (non-hydrogen) atoms. The highest BCUT2D eigenvalue weighted by Gasteiger charge is 2.07. The van der Waals surface area contributed by atoms with Gasteiger partial charge in [-0.3, -0.25) is 9.36 Å². The molecule has 0 atom stereocenters. The molecule has 0 spiro atoms. The van der Waals surface area contributed by atoms with Gasteiger partial charge in [-0.15, -0.1) is 10.2 Å². The zero-order chi connectivity index (χ0) is 17.6. The van der Waals surface area contributed by atoms with E-state index >= 15 is 0 Å². The van der Waals surface area contributed by atoms with Crippen LogP contribution in [0.5, 0.6) is 0 Å². The molecule has 132 valence electrons. The highest BCUT2D eigenvalue weighted by atomic mass is 15.4. The third-order valence-electron chi connectivity index (χ3n) is 3.80. The van der Waals surface area contributed by atoms with E-state index in [0.717, 1.165) is 16.7 Å². The molecule has 0 bridgehead atoms. The lowest BCUT2D eigenvalue weighted by Crippen LogP contribution is -2.15. The predicted molar refractivity (Wildman–Crippen MR) is 96.6 cm³/mol. The lowest BCUT2D eigenvalue weighted by atomic mass is 10.2. The van der Waals surface area contributed by atoms with Crippen LogP contribution in [-0.2, 0) is 13.1 Å². The summed E-state index contributed by atoms with van der Waals surface area (Å²) in [6, 6.07) is 7.92. The Labute approximate surface area is 149 Å². The summed E-state index contributed by atoms with van der Waals surface area (Å²) in [6.07, 6.45) is 6.97. The molecule has 0 saturated heterocycles. The summed E-state index contributed by atoms with van der Waals surface area (Å²) in [4.78, 5) is 9.19. The second-order valence-electron chi connectivity index (χ2n) is 5.60. The van der Waals surface area contributed by atoms with E-state index in [-0.39, 0.29) is 0 Å². The van der Waals surface area contributed by atoms with Gasteiger partial charge in [-0.1, -0.05) is 22.6 Å². The van der Waals surface area contributed by atoms with Crippen LogP contribution in [0.15, 0.2) is 49.1 Å². The fourth-order valence-corrected chi connectivity index (χ4v) is 2.57. The number of aromatic nitrogens is 8. The van der Waals surface area contributed by atoms with Crippen molar-refractivity contribution >= 4 is 22.7 Å². The van der Waals surface area contributed by atoms with Crippen LogP contribution < -0.4 is 10.6 Å². The van der Waals surface area contributed by atoms with Gasteiger partial charge in [0.2, 0.25) is 5.95 Å². The van der Waals surface area contributed by atoms with E-state index in [1.54, 1.807) is 21.8 Å². The maximum atomic E-state index is 4.61. The highest BCUT2D eigenvalue weighted by molar-refractivity contribution is 5.89. The first-order valence-electron chi connectivity index (χ1n) is 8.31. The minimum atomic E-state index is 0.576. The first kappa shape index (κ1) is 15.9. The Hall–Kier alpha value is -3.56. The molecule has 0 radical (unpaired) electrons. The fourth-order valence-electron chi connectivity index (χ4n) is 2.57. The van der Waals surface area contributed by atoms with E-state index in [1.807, 2.05) is 36.7 Å². The van der Waals surface area contributed by atoms with Gasteiger partial charge in [0.1, 0.15) is 5.82 Å². The topological polar surface area (TPSA) is 111 Å². The van der Waals surface area contributed by atoms with E-state index < -0.39 is 0 Å². The molecule has 0 aliphatic rings. The first-order chi connectivity index (χ1) is 12.9. The zero-order valence-corrected chi connectivity index (χ0v) is 14.0. The van der Waals surface area contributed by atoms with Crippen LogP contribution >= 0.6 is 0 Å². The summed E-state index contributed by atoms with van der Waals surface area (Å²) in [5.74, 6) is 1.37. The molecule has 0 fully saturated rings. The molecular formula is C16H18N10. The van der Waals surface area contributed by atoms with E-state index in [0.29, 0.717) is 32.1 Å². The molecule has 4 aromatic rings. The van der Waals surface area contributed by atoms with Crippen molar-refractivity contribution in [2.75, 3.05) is 23.7 Å². The molecule has 0 aliphatic heterocycles. The second-order valence-corrected chi connectivity index (χ2v) is 5.60. The number of anilines is 2. The molecule has 0 saturated carbocycles. The molecule has 10 nitrogen and oxygen atoms in total. The van der Waals surface area contributed by atoms with Crippen LogP contribution in [0.4, 0.5) is 11.8 Å². The van der Waals surface area contributed by atoms with Gasteiger partial charge in [0.15, 0.2) is 0 Å². The molecule has 2 N–H and O–H groups in total. The molecule has 4 rings (SSSR count). The monoisotopic (exact) mass is 350 g/mol. The molecular weight excluding hydrogens is 332 g/mol. The number of benzene rings is 1. The molecule has 3 aromatic heterocycles. The van der Waals surface area contributed by atoms with Crippen molar-refractivity contribution < 1.29 is 0 Å². The summed E-state index contributed by atoms with van der Waals surface area (Å²) in [7, 11) is 0. The van der Waals surface area contributed by atoms with Crippen molar-refractivity contribution in [1.82, 2.24) is 40.0 Å². The van der Waals surface area contributed by atoms with E-state index in [4.69, 9.17) is 0 Å². The summed E-state index contributed by atoms with van der Waals surface area (Å²) in [5, 5.41) is 23.1. The smallest absolute Gasteiger partial charge is 0.225 e. The molecule has 0 unspecified atom stereocenters. The molecule has 10 heteroatoms. The third kappa shape index (κ3) is 3.74. The predicted octanol–water partition coefficient (Wildman–Crippen LogP) is 1.04. The summed E-state index contributed by atoms with van der Waals surface area (Å²) < 4.78 is 3.53. The number of hydrogen-bond acceptors (Lipinski definition) is 8. The first-order valence-corrected chi connectivity index (χ1v) is 8.31. The lowest BCUT2D eigenvalue weighted by Gasteiger charge is -2.12. The van der Waals surface area contributed by atoms with Crippen molar-refractivity contribution in [3.05, 3.63) is 49.1 Å². The Kier molecular flexibility index (Phi) is 4.63. The standard InChI is InChI=1S/C16H18N10/c1-2-4-14-13(3-1)15(17-5-9-25-11-7-19-23-25)22-16(21-14)18-6-10-26-12-8-20-24-26/h1-4,7-8,11-12H,5-6,9-10H2,(H2,17,18,21,22). The summed E-state index contributed by atoms with van der Waals surface area (Å²) >= 11 is 0. The molecule has 0 aliphatic carbocycles. The Morgan fingerprint density at radius 3 is 2.19 bits per heavy atom. The Morgan fingerprint density at radius 1 is 0.808 bits per heavy atom. The van der Waals surface area contributed by atoms with E-state index in [1.165, 1.54) is 0 Å². The maximum Gasteiger partial charge on any atom is 0.225 e. The van der Waals surface area contributed by atoms with Gasteiger partial charge < -0.3 is 10.6 Å². The van der Waals surface area contributed by atoms with Crippen LogP contribution in [0.25, 0.3) is 10.9 Å². The van der Waals surface area contributed by atoms with Crippen molar-refractivity contribution in [3.63, 3.8) is 0 Å². The van der Waals surface area contributed by atoms with Crippen molar-refractivity contribution in [1.29, 1.82) is 0 Å². The average molecular weight is 350 g/mol. The highest BCUT2D eigenvalue weighted by Crippen LogP contribution is 2.21. The molecule has 1 aromatic carbocycles. The van der Waals surface area contributed by atoms with Gasteiger partial charge in [0.05, 0.1) is 31.0 Å². The number of nitrogens with zero attached hydrogens (tertiary/aromatic N) is 8. The Bertz CT molecular complexity index is 949. The third-order valence-corrected chi connectivity index (χ3v) is 3.80. The number of para-hydroxylation sites is 1. The summed E-state index contributed by atoms with van der Waals surface area (Å²) in [5.41, 5.74) is 0.883. The van der Waals surface area contributed by atoms with Crippen LogP contribution in [0.1, 0.15) is 0 Å². The van der Waals surface area contributed by atoms with E-state index in [2.05, 4.69) is 41.2 Å². The maximum absolute atomic E-state index is 4.61. The largest absolute Gasteiger partial charge is 0.368 e. The van der Waals surface area contributed by atoms with Gasteiger partial charge in [-0.05, 0) is 12.1 Å². The van der Waals surface area contributed by atoms with Gasteiger partial charge in [0.25, 0.3) is 0 Å². The summed E-state index contributed by atoms with van der Waals surface area (Å²) in [6.45, 7) is 2.72. The lowest BCUT2D eigenvalue weighted by molar-refractivity contribution is 0.606. The van der Waals surface area contributed by atoms with Crippen LogP contribution in [0.2, 0.25) is 0 Å². The normalized spacial score (nSPS) is 10.9. The number of nitrogens with one attached hydrogen (secondary N) is 2. The zero-order valence-electron chi connectivity index (χ0n) is 14.0. The minimum absolute atomic E-state index is 0.576. The Morgan fingerprint density at radius 2 is 1.50 bits per heavy atom. The van der Waals surface area contributed by atoms with Gasteiger partial charge in [-0.2, -0.15) is 4.98 Å². The van der Waals surface area contributed by atoms with Gasteiger partial charge in [-0.25, -0.2) is 4.98 Å². The van der Waals surface area contributed by atoms with Crippen LogP contribution in [0.3, 0.4) is 0 Å².